The van der Waals surface area contributed by atoms with Gasteiger partial charge in [0.2, 0.25) is 11.8 Å². The lowest BCUT2D eigenvalue weighted by Crippen LogP contribution is -2.40. The minimum atomic E-state index is -0.432. The number of aromatic amines is 1. The second-order valence-electron chi connectivity index (χ2n) is 5.73. The maximum Gasteiger partial charge on any atom is 0.229 e. The smallest absolute Gasteiger partial charge is 0.229 e. The van der Waals surface area contributed by atoms with Crippen molar-refractivity contribution in [2.45, 2.75) is 19.4 Å². The van der Waals surface area contributed by atoms with Gasteiger partial charge in [-0.15, -0.1) is 0 Å². The Balaban J connectivity index is 1.81. The molecule has 122 valence electrons. The summed E-state index contributed by atoms with van der Waals surface area (Å²) in [6.07, 6.45) is 0.148. The van der Waals surface area contributed by atoms with Crippen molar-refractivity contribution in [3.63, 3.8) is 0 Å². The van der Waals surface area contributed by atoms with Gasteiger partial charge in [-0.2, -0.15) is 5.10 Å². The molecule has 3 N–H and O–H groups in total. The van der Waals surface area contributed by atoms with E-state index >= 15 is 0 Å². The molecule has 2 heterocycles. The molecule has 1 aromatic carbocycles. The predicted octanol–water partition coefficient (Wildman–Crippen LogP) is 1.18. The zero-order chi connectivity index (χ0) is 16.6. The molecule has 1 fully saturated rings. The minimum Gasteiger partial charge on any atom is -0.394 e. The highest BCUT2D eigenvalue weighted by atomic mass is 79.9. The first-order valence-electron chi connectivity index (χ1n) is 7.35. The second kappa shape index (κ2) is 6.29. The van der Waals surface area contributed by atoms with Gasteiger partial charge in [-0.1, -0.05) is 15.9 Å². The monoisotopic (exact) mass is 380 g/mol. The number of nitrogens with one attached hydrogen (secondary N) is 2. The van der Waals surface area contributed by atoms with Crippen LogP contribution < -0.4 is 10.2 Å². The summed E-state index contributed by atoms with van der Waals surface area (Å²) in [5.74, 6) is -0.232. The van der Waals surface area contributed by atoms with Gasteiger partial charge in [-0.3, -0.25) is 19.6 Å². The van der Waals surface area contributed by atoms with Crippen LogP contribution in [0.15, 0.2) is 22.7 Å². The molecule has 2 aromatic rings. The van der Waals surface area contributed by atoms with Crippen LogP contribution in [0.2, 0.25) is 0 Å². The number of fused-ring (bicyclic) bond motifs is 1. The highest BCUT2D eigenvalue weighted by molar-refractivity contribution is 9.10. The van der Waals surface area contributed by atoms with Crippen LogP contribution in [0.3, 0.4) is 0 Å². The summed E-state index contributed by atoms with van der Waals surface area (Å²) < 4.78 is 0.920. The van der Waals surface area contributed by atoms with E-state index in [1.165, 1.54) is 0 Å². The molecule has 8 heteroatoms. The summed E-state index contributed by atoms with van der Waals surface area (Å²) in [6, 6.07) is 5.33. The first-order chi connectivity index (χ1) is 11.0. The lowest BCUT2D eigenvalue weighted by molar-refractivity contribution is -0.127. The Labute approximate surface area is 141 Å². The van der Waals surface area contributed by atoms with E-state index in [1.54, 1.807) is 11.8 Å². The van der Waals surface area contributed by atoms with Gasteiger partial charge in [0, 0.05) is 28.9 Å². The van der Waals surface area contributed by atoms with Gasteiger partial charge in [0.15, 0.2) is 5.82 Å². The molecule has 3 rings (SSSR count). The normalized spacial score (nSPS) is 19.3. The summed E-state index contributed by atoms with van der Waals surface area (Å²) in [5, 5.41) is 19.7. The third-order valence-corrected chi connectivity index (χ3v) is 4.41. The Hall–Kier alpha value is -1.93. The molecule has 1 aliphatic rings. The lowest BCUT2D eigenvalue weighted by Gasteiger charge is -2.16. The fourth-order valence-corrected chi connectivity index (χ4v) is 3.04. The SMILES string of the molecule is C[C@H](CO)NC(=O)[C@@H]1CC(=O)N(c2n[nH]c3cc(Br)ccc23)C1. The van der Waals surface area contributed by atoms with E-state index in [-0.39, 0.29) is 30.9 Å². The number of aliphatic hydroxyl groups excluding tert-OH is 1. The Morgan fingerprint density at radius 3 is 3.13 bits per heavy atom. The highest BCUT2D eigenvalue weighted by Gasteiger charge is 2.37. The van der Waals surface area contributed by atoms with Crippen LogP contribution in [0.4, 0.5) is 5.82 Å². The summed E-state index contributed by atoms with van der Waals surface area (Å²) in [5.41, 5.74) is 0.823. The number of H-pyrrole nitrogens is 1. The third-order valence-electron chi connectivity index (χ3n) is 3.92. The average molecular weight is 381 g/mol. The van der Waals surface area contributed by atoms with E-state index in [1.807, 2.05) is 18.2 Å². The van der Waals surface area contributed by atoms with Crippen molar-refractivity contribution in [2.24, 2.45) is 5.92 Å². The molecule has 0 spiro atoms. The molecule has 2 atom stereocenters. The number of nitrogens with zero attached hydrogens (tertiary/aromatic N) is 2. The number of carbonyl (C=O) groups excluding carboxylic acids is 2. The molecule has 0 aliphatic carbocycles. The number of aromatic nitrogens is 2. The quantitative estimate of drug-likeness (QED) is 0.741. The molecule has 1 aliphatic heterocycles. The van der Waals surface area contributed by atoms with Gasteiger partial charge >= 0.3 is 0 Å². The summed E-state index contributed by atoms with van der Waals surface area (Å²) in [7, 11) is 0. The van der Waals surface area contributed by atoms with E-state index in [9.17, 15) is 9.59 Å². The number of carbonyl (C=O) groups is 2. The van der Waals surface area contributed by atoms with Gasteiger partial charge in [0.05, 0.1) is 18.0 Å². The van der Waals surface area contributed by atoms with Crippen molar-refractivity contribution in [1.82, 2.24) is 15.5 Å². The van der Waals surface area contributed by atoms with Crippen LogP contribution >= 0.6 is 15.9 Å². The van der Waals surface area contributed by atoms with Crippen LogP contribution in [-0.2, 0) is 9.59 Å². The molecule has 23 heavy (non-hydrogen) atoms. The maximum atomic E-state index is 12.3. The fraction of sp³-hybridized carbons (Fsp3) is 0.400. The number of halogens is 1. The third kappa shape index (κ3) is 3.09. The largest absolute Gasteiger partial charge is 0.394 e. The van der Waals surface area contributed by atoms with Crippen LogP contribution in [0.1, 0.15) is 13.3 Å². The number of hydrogen-bond acceptors (Lipinski definition) is 4. The van der Waals surface area contributed by atoms with Crippen molar-refractivity contribution in [3.8, 4) is 0 Å². The number of rotatable bonds is 4. The maximum absolute atomic E-state index is 12.3. The van der Waals surface area contributed by atoms with E-state index < -0.39 is 5.92 Å². The Kier molecular flexibility index (Phi) is 4.36. The molecule has 0 unspecified atom stereocenters. The molecule has 0 bridgehead atoms. The average Bonchev–Trinajstić information content (AvgIpc) is 3.09. The Bertz CT molecular complexity index is 760. The number of anilines is 1. The molecule has 2 amide bonds. The van der Waals surface area contributed by atoms with Crippen LogP contribution in [0.25, 0.3) is 10.9 Å². The van der Waals surface area contributed by atoms with Crippen LogP contribution in [-0.4, -0.2) is 46.3 Å². The molecular weight excluding hydrogens is 364 g/mol. The van der Waals surface area contributed by atoms with E-state index in [0.29, 0.717) is 12.4 Å². The zero-order valence-electron chi connectivity index (χ0n) is 12.5. The van der Waals surface area contributed by atoms with Gasteiger partial charge in [-0.05, 0) is 25.1 Å². The topological polar surface area (TPSA) is 98.3 Å². The van der Waals surface area contributed by atoms with Crippen LogP contribution in [0.5, 0.6) is 0 Å². The molecule has 0 radical (unpaired) electrons. The van der Waals surface area contributed by atoms with E-state index in [2.05, 4.69) is 31.4 Å². The first kappa shape index (κ1) is 15.9. The predicted molar refractivity (Wildman–Crippen MR) is 88.9 cm³/mol. The Morgan fingerprint density at radius 2 is 2.39 bits per heavy atom. The zero-order valence-corrected chi connectivity index (χ0v) is 14.1. The van der Waals surface area contributed by atoms with Gasteiger partial charge < -0.3 is 10.4 Å². The summed E-state index contributed by atoms with van der Waals surface area (Å²) >= 11 is 3.39. The van der Waals surface area contributed by atoms with Gasteiger partial charge in [0.25, 0.3) is 0 Å². The standard InChI is InChI=1S/C15H17BrN4O3/c1-8(7-21)17-15(23)9-4-13(22)20(6-9)14-11-3-2-10(16)5-12(11)18-19-14/h2-3,5,8-9,21H,4,6-7H2,1H3,(H,17,23)(H,18,19)/t8-,9-/m1/s1. The number of amides is 2. The molecule has 1 aromatic heterocycles. The van der Waals surface area contributed by atoms with Crippen molar-refractivity contribution >= 4 is 44.5 Å². The summed E-state index contributed by atoms with van der Waals surface area (Å²) in [6.45, 7) is 1.87. The Morgan fingerprint density at radius 1 is 1.61 bits per heavy atom. The number of hydrogen-bond donors (Lipinski definition) is 3. The van der Waals surface area contributed by atoms with Gasteiger partial charge in [-0.25, -0.2) is 0 Å². The van der Waals surface area contributed by atoms with Crippen molar-refractivity contribution < 1.29 is 14.7 Å². The molecule has 0 saturated carbocycles. The second-order valence-corrected chi connectivity index (χ2v) is 6.65. The number of aliphatic hydroxyl groups is 1. The number of benzene rings is 1. The fourth-order valence-electron chi connectivity index (χ4n) is 2.68. The van der Waals surface area contributed by atoms with Crippen molar-refractivity contribution in [1.29, 1.82) is 0 Å². The first-order valence-corrected chi connectivity index (χ1v) is 8.14. The molecule has 1 saturated heterocycles. The van der Waals surface area contributed by atoms with Crippen LogP contribution in [0, 0.1) is 5.92 Å². The molecular formula is C15H17BrN4O3. The summed E-state index contributed by atoms with van der Waals surface area (Å²) in [4.78, 5) is 26.0. The van der Waals surface area contributed by atoms with Gasteiger partial charge in [0.1, 0.15) is 0 Å². The van der Waals surface area contributed by atoms with E-state index in [0.717, 1.165) is 15.4 Å². The highest BCUT2D eigenvalue weighted by Crippen LogP contribution is 2.31. The lowest BCUT2D eigenvalue weighted by atomic mass is 10.1. The van der Waals surface area contributed by atoms with Crippen molar-refractivity contribution in [2.75, 3.05) is 18.1 Å². The van der Waals surface area contributed by atoms with Crippen molar-refractivity contribution in [3.05, 3.63) is 22.7 Å². The molecule has 7 nitrogen and oxygen atoms in total. The minimum absolute atomic E-state index is 0.127. The van der Waals surface area contributed by atoms with E-state index in [4.69, 9.17) is 5.11 Å².